The van der Waals surface area contributed by atoms with E-state index in [0.29, 0.717) is 17.3 Å². The molecule has 21 heavy (non-hydrogen) atoms. The van der Waals surface area contributed by atoms with Gasteiger partial charge in [-0.3, -0.25) is 9.78 Å². The number of halogens is 1. The smallest absolute Gasteiger partial charge is 0.185 e. The highest BCUT2D eigenvalue weighted by Crippen LogP contribution is 2.33. The van der Waals surface area contributed by atoms with E-state index in [1.165, 1.54) is 0 Å². The molecule has 0 N–H and O–H groups in total. The van der Waals surface area contributed by atoms with Gasteiger partial charge in [0, 0.05) is 29.6 Å². The molecule has 1 aliphatic heterocycles. The van der Waals surface area contributed by atoms with Crippen LogP contribution >= 0.6 is 11.6 Å². The van der Waals surface area contributed by atoms with E-state index >= 15 is 0 Å². The third-order valence-corrected chi connectivity index (χ3v) is 3.87. The quantitative estimate of drug-likeness (QED) is 0.811. The molecule has 0 saturated carbocycles. The third kappa shape index (κ3) is 2.79. The van der Waals surface area contributed by atoms with Crippen molar-refractivity contribution in [2.75, 3.05) is 6.61 Å². The van der Waals surface area contributed by atoms with Crippen molar-refractivity contribution >= 4 is 17.4 Å². The Bertz CT molecular complexity index is 725. The Hall–Kier alpha value is -1.87. The molecule has 108 valence electrons. The summed E-state index contributed by atoms with van der Waals surface area (Å²) in [5.74, 6) is 0.810. The second kappa shape index (κ2) is 5.49. The van der Waals surface area contributed by atoms with Crippen molar-refractivity contribution in [3.63, 3.8) is 0 Å². The van der Waals surface area contributed by atoms with E-state index in [4.69, 9.17) is 16.3 Å². The maximum Gasteiger partial charge on any atom is 0.185 e. The summed E-state index contributed by atoms with van der Waals surface area (Å²) in [5.41, 5.74) is 4.41. The molecular formula is C17H16ClNO2. The minimum atomic E-state index is -0.00698. The van der Waals surface area contributed by atoms with Crippen molar-refractivity contribution < 1.29 is 9.53 Å². The molecule has 1 aliphatic rings. The Balaban J connectivity index is 1.92. The summed E-state index contributed by atoms with van der Waals surface area (Å²) in [5, 5.41) is 0.649. The van der Waals surface area contributed by atoms with Gasteiger partial charge in [-0.2, -0.15) is 0 Å². The van der Waals surface area contributed by atoms with Crippen LogP contribution in [0.5, 0.6) is 5.75 Å². The van der Waals surface area contributed by atoms with Crippen molar-refractivity contribution in [3.8, 4) is 5.75 Å². The van der Waals surface area contributed by atoms with Crippen LogP contribution < -0.4 is 4.74 Å². The Labute approximate surface area is 128 Å². The van der Waals surface area contributed by atoms with Gasteiger partial charge in [0.25, 0.3) is 0 Å². The van der Waals surface area contributed by atoms with Crippen LogP contribution in [0.2, 0.25) is 5.02 Å². The Morgan fingerprint density at radius 2 is 2.14 bits per heavy atom. The Morgan fingerprint density at radius 1 is 1.33 bits per heavy atom. The fourth-order valence-corrected chi connectivity index (χ4v) is 3.00. The Morgan fingerprint density at radius 3 is 2.90 bits per heavy atom. The monoisotopic (exact) mass is 301 g/mol. The SMILES string of the molecule is Cc1cnc(C(=O)Cc2cc(Cl)cc3c2OCC3)c(C)c1. The van der Waals surface area contributed by atoms with E-state index < -0.39 is 0 Å². The average molecular weight is 302 g/mol. The molecule has 0 radical (unpaired) electrons. The number of aromatic nitrogens is 1. The molecule has 2 heterocycles. The van der Waals surface area contributed by atoms with E-state index in [0.717, 1.165) is 34.4 Å². The topological polar surface area (TPSA) is 39.2 Å². The number of Topliss-reactive ketones (excluding diaryl/α,β-unsaturated/α-hetero) is 1. The zero-order chi connectivity index (χ0) is 15.0. The fraction of sp³-hybridized carbons (Fsp3) is 0.294. The van der Waals surface area contributed by atoms with Gasteiger partial charge in [0.1, 0.15) is 11.4 Å². The third-order valence-electron chi connectivity index (χ3n) is 3.66. The van der Waals surface area contributed by atoms with Crippen LogP contribution in [0.15, 0.2) is 24.4 Å². The van der Waals surface area contributed by atoms with Gasteiger partial charge in [-0.25, -0.2) is 0 Å². The summed E-state index contributed by atoms with van der Waals surface area (Å²) in [6, 6.07) is 5.69. The van der Waals surface area contributed by atoms with E-state index in [1.54, 1.807) is 6.20 Å². The molecule has 1 aromatic carbocycles. The van der Waals surface area contributed by atoms with Crippen molar-refractivity contribution in [1.82, 2.24) is 4.98 Å². The molecule has 3 nitrogen and oxygen atoms in total. The number of ketones is 1. The molecule has 0 unspecified atom stereocenters. The van der Waals surface area contributed by atoms with Gasteiger partial charge in [-0.05, 0) is 42.7 Å². The molecular weight excluding hydrogens is 286 g/mol. The van der Waals surface area contributed by atoms with E-state index in [2.05, 4.69) is 4.98 Å². The highest BCUT2D eigenvalue weighted by molar-refractivity contribution is 6.30. The average Bonchev–Trinajstić information content (AvgIpc) is 2.86. The second-order valence-corrected chi connectivity index (χ2v) is 5.87. The molecule has 0 fully saturated rings. The number of hydrogen-bond donors (Lipinski definition) is 0. The minimum Gasteiger partial charge on any atom is -0.493 e. The van der Waals surface area contributed by atoms with Crippen LogP contribution in [0, 0.1) is 13.8 Å². The summed E-state index contributed by atoms with van der Waals surface area (Å²) in [7, 11) is 0. The number of nitrogens with zero attached hydrogens (tertiary/aromatic N) is 1. The summed E-state index contributed by atoms with van der Waals surface area (Å²) in [6.07, 6.45) is 2.83. The lowest BCUT2D eigenvalue weighted by atomic mass is 10.00. The maximum absolute atomic E-state index is 12.5. The van der Waals surface area contributed by atoms with Crippen LogP contribution in [-0.2, 0) is 12.8 Å². The summed E-state index contributed by atoms with van der Waals surface area (Å²) < 4.78 is 5.64. The molecule has 3 rings (SSSR count). The van der Waals surface area contributed by atoms with Gasteiger partial charge in [-0.15, -0.1) is 0 Å². The molecule has 0 aliphatic carbocycles. The number of hydrogen-bond acceptors (Lipinski definition) is 3. The van der Waals surface area contributed by atoms with Crippen LogP contribution in [0.4, 0.5) is 0 Å². The second-order valence-electron chi connectivity index (χ2n) is 5.43. The molecule has 2 aromatic rings. The highest BCUT2D eigenvalue weighted by Gasteiger charge is 2.21. The molecule has 0 spiro atoms. The summed E-state index contributed by atoms with van der Waals surface area (Å²) in [6.45, 7) is 4.52. The van der Waals surface area contributed by atoms with Crippen molar-refractivity contribution in [1.29, 1.82) is 0 Å². The first-order valence-electron chi connectivity index (χ1n) is 6.95. The van der Waals surface area contributed by atoms with Crippen LogP contribution in [0.3, 0.4) is 0 Å². The zero-order valence-electron chi connectivity index (χ0n) is 12.1. The Kier molecular flexibility index (Phi) is 3.68. The number of benzene rings is 1. The summed E-state index contributed by atoms with van der Waals surface area (Å²) >= 11 is 6.13. The predicted molar refractivity (Wildman–Crippen MR) is 82.4 cm³/mol. The molecule has 1 aromatic heterocycles. The van der Waals surface area contributed by atoms with E-state index in [1.807, 2.05) is 32.0 Å². The van der Waals surface area contributed by atoms with E-state index in [-0.39, 0.29) is 12.2 Å². The number of ether oxygens (including phenoxy) is 1. The lowest BCUT2D eigenvalue weighted by Gasteiger charge is -2.09. The predicted octanol–water partition coefficient (Wildman–Crippen LogP) is 3.71. The van der Waals surface area contributed by atoms with Crippen molar-refractivity contribution in [2.24, 2.45) is 0 Å². The van der Waals surface area contributed by atoms with Crippen LogP contribution in [-0.4, -0.2) is 17.4 Å². The number of aryl methyl sites for hydroxylation is 2. The number of carbonyl (C=O) groups is 1. The molecule has 0 amide bonds. The number of rotatable bonds is 3. The lowest BCUT2D eigenvalue weighted by molar-refractivity contribution is 0.0986. The van der Waals surface area contributed by atoms with Gasteiger partial charge in [-0.1, -0.05) is 17.7 Å². The van der Waals surface area contributed by atoms with Gasteiger partial charge in [0.05, 0.1) is 6.61 Å². The summed E-state index contributed by atoms with van der Waals surface area (Å²) in [4.78, 5) is 16.8. The van der Waals surface area contributed by atoms with E-state index in [9.17, 15) is 4.79 Å². The largest absolute Gasteiger partial charge is 0.493 e. The standard InChI is InChI=1S/C17H16ClNO2/c1-10-5-11(2)16(19-9-10)15(20)8-13-7-14(18)6-12-3-4-21-17(12)13/h5-7,9H,3-4,8H2,1-2H3. The van der Waals surface area contributed by atoms with Gasteiger partial charge >= 0.3 is 0 Å². The zero-order valence-corrected chi connectivity index (χ0v) is 12.8. The van der Waals surface area contributed by atoms with Crippen LogP contribution in [0.25, 0.3) is 0 Å². The molecule has 0 atom stereocenters. The van der Waals surface area contributed by atoms with Gasteiger partial charge in [0.15, 0.2) is 5.78 Å². The highest BCUT2D eigenvalue weighted by atomic mass is 35.5. The molecule has 4 heteroatoms. The normalized spacial score (nSPS) is 12.9. The molecule has 0 bridgehead atoms. The first kappa shape index (κ1) is 14.1. The maximum atomic E-state index is 12.5. The number of pyridine rings is 1. The first-order chi connectivity index (χ1) is 10.0. The van der Waals surface area contributed by atoms with Gasteiger partial charge < -0.3 is 4.74 Å². The van der Waals surface area contributed by atoms with Crippen LogP contribution in [0.1, 0.15) is 32.7 Å². The van der Waals surface area contributed by atoms with Crippen molar-refractivity contribution in [3.05, 3.63) is 57.4 Å². The number of fused-ring (bicyclic) bond motifs is 1. The minimum absolute atomic E-state index is 0.00698. The fourth-order valence-electron chi connectivity index (χ4n) is 2.74. The van der Waals surface area contributed by atoms with Gasteiger partial charge in [0.2, 0.25) is 0 Å². The molecule has 0 saturated heterocycles. The first-order valence-corrected chi connectivity index (χ1v) is 7.33. The van der Waals surface area contributed by atoms with Crippen molar-refractivity contribution in [2.45, 2.75) is 26.7 Å². The number of carbonyl (C=O) groups excluding carboxylic acids is 1. The lowest BCUT2D eigenvalue weighted by Crippen LogP contribution is -2.09.